The van der Waals surface area contributed by atoms with Gasteiger partial charge in [-0.15, -0.1) is 0 Å². The van der Waals surface area contributed by atoms with Gasteiger partial charge in [-0.2, -0.15) is 10.1 Å². The van der Waals surface area contributed by atoms with Crippen LogP contribution in [0.25, 0.3) is 22.0 Å². The summed E-state index contributed by atoms with van der Waals surface area (Å²) in [6, 6.07) is 15.3. The minimum Gasteiger partial charge on any atom is -0.477 e. The van der Waals surface area contributed by atoms with Crippen LogP contribution in [0.4, 0.5) is 5.95 Å². The molecule has 0 bridgehead atoms. The molecule has 2 N–H and O–H groups in total. The third kappa shape index (κ3) is 5.47. The number of anilines is 1. The van der Waals surface area contributed by atoms with Crippen LogP contribution in [-0.4, -0.2) is 45.5 Å². The second kappa shape index (κ2) is 8.80. The molecule has 172 valence electrons. The van der Waals surface area contributed by atoms with Crippen molar-refractivity contribution in [2.24, 2.45) is 7.05 Å². The Kier molecular flexibility index (Phi) is 6.05. The first kappa shape index (κ1) is 22.7. The van der Waals surface area contributed by atoms with E-state index in [4.69, 9.17) is 4.74 Å². The van der Waals surface area contributed by atoms with Crippen molar-refractivity contribution in [1.82, 2.24) is 19.7 Å². The molecule has 9 nitrogen and oxygen atoms in total. The lowest BCUT2D eigenvalue weighted by Gasteiger charge is -2.17. The van der Waals surface area contributed by atoms with Gasteiger partial charge in [0, 0.05) is 31.3 Å². The van der Waals surface area contributed by atoms with E-state index in [9.17, 15) is 13.5 Å². The van der Waals surface area contributed by atoms with Gasteiger partial charge in [0.05, 0.1) is 24.1 Å². The predicted molar refractivity (Wildman–Crippen MR) is 125 cm³/mol. The van der Waals surface area contributed by atoms with Crippen LogP contribution in [0.2, 0.25) is 0 Å². The Morgan fingerprint density at radius 3 is 2.61 bits per heavy atom. The minimum atomic E-state index is -3.95. The molecule has 2 aromatic heterocycles. The van der Waals surface area contributed by atoms with Crippen LogP contribution in [0, 0.1) is 0 Å². The Balaban J connectivity index is 1.75. The van der Waals surface area contributed by atoms with Gasteiger partial charge in [-0.05, 0) is 24.6 Å². The fourth-order valence-corrected chi connectivity index (χ4v) is 4.18. The molecule has 0 aliphatic heterocycles. The summed E-state index contributed by atoms with van der Waals surface area (Å²) >= 11 is 0. The summed E-state index contributed by atoms with van der Waals surface area (Å²) in [6.07, 6.45) is 3.01. The fraction of sp³-hybridized carbons (Fsp3) is 0.261. The predicted octanol–water partition coefficient (Wildman–Crippen LogP) is 3.37. The molecule has 0 saturated carbocycles. The van der Waals surface area contributed by atoms with Crippen LogP contribution >= 0.6 is 0 Å². The molecule has 0 fully saturated rings. The van der Waals surface area contributed by atoms with Crippen LogP contribution in [0.3, 0.4) is 0 Å². The van der Waals surface area contributed by atoms with Gasteiger partial charge in [-0.3, -0.25) is 4.68 Å². The number of hydrogen-bond donors (Lipinski definition) is 2. The highest BCUT2D eigenvalue weighted by Gasteiger charge is 2.20. The third-order valence-electron chi connectivity index (χ3n) is 4.95. The third-order valence-corrected chi connectivity index (χ3v) is 6.23. The zero-order valence-corrected chi connectivity index (χ0v) is 19.4. The molecule has 0 radical (unpaired) electrons. The Labute approximate surface area is 192 Å². The summed E-state index contributed by atoms with van der Waals surface area (Å²) in [7, 11) is -2.32. The number of aliphatic hydroxyl groups is 1. The van der Waals surface area contributed by atoms with Gasteiger partial charge >= 0.3 is 0 Å². The van der Waals surface area contributed by atoms with E-state index in [1.54, 1.807) is 27.0 Å². The molecule has 0 aliphatic rings. The largest absolute Gasteiger partial charge is 0.477 e. The Bertz CT molecular complexity index is 1390. The lowest BCUT2D eigenvalue weighted by Crippen LogP contribution is -2.22. The summed E-state index contributed by atoms with van der Waals surface area (Å²) in [6.45, 7) is 3.57. The molecular weight excluding hydrogens is 442 g/mol. The average molecular weight is 468 g/mol. The molecule has 0 spiro atoms. The fourth-order valence-electron chi connectivity index (χ4n) is 3.25. The first-order valence-electron chi connectivity index (χ1n) is 10.3. The summed E-state index contributed by atoms with van der Waals surface area (Å²) in [5.74, 6) is 0.0728. The number of nitrogens with zero attached hydrogens (tertiary/aromatic N) is 4. The Morgan fingerprint density at radius 1 is 1.12 bits per heavy atom. The number of aryl methyl sites for hydroxylation is 1. The summed E-state index contributed by atoms with van der Waals surface area (Å²) in [5, 5.41) is 15.9. The number of nitrogens with one attached hydrogen (secondary N) is 1. The van der Waals surface area contributed by atoms with Crippen molar-refractivity contribution in [3.05, 3.63) is 60.9 Å². The van der Waals surface area contributed by atoms with E-state index in [0.29, 0.717) is 12.1 Å². The van der Waals surface area contributed by atoms with Crippen LogP contribution in [0.15, 0.2) is 65.8 Å². The van der Waals surface area contributed by atoms with Crippen molar-refractivity contribution in [3.8, 4) is 17.1 Å². The SMILES string of the molecule is Cn1cc(S(=O)(=O)Nc2nc(OCCC(C)(C)O)cc(-c3cccc4ccccc34)n2)cn1. The monoisotopic (exact) mass is 467 g/mol. The normalized spacial score (nSPS) is 12.1. The number of hydrogen-bond acceptors (Lipinski definition) is 7. The van der Waals surface area contributed by atoms with Crippen LogP contribution in [-0.2, 0) is 17.1 Å². The number of ether oxygens (including phenoxy) is 1. The maximum Gasteiger partial charge on any atom is 0.267 e. The Morgan fingerprint density at radius 2 is 1.88 bits per heavy atom. The number of sulfonamides is 1. The van der Waals surface area contributed by atoms with Gasteiger partial charge in [0.2, 0.25) is 11.8 Å². The lowest BCUT2D eigenvalue weighted by atomic mass is 10.0. The number of rotatable bonds is 8. The lowest BCUT2D eigenvalue weighted by molar-refractivity contribution is 0.0547. The van der Waals surface area contributed by atoms with Crippen LogP contribution in [0.5, 0.6) is 5.88 Å². The molecule has 0 amide bonds. The Hall–Kier alpha value is -3.50. The highest BCUT2D eigenvalue weighted by Crippen LogP contribution is 2.30. The molecule has 4 aromatic rings. The van der Waals surface area contributed by atoms with Gasteiger partial charge in [0.1, 0.15) is 4.90 Å². The number of benzene rings is 2. The molecule has 2 aromatic carbocycles. The first-order chi connectivity index (χ1) is 15.6. The van der Waals surface area contributed by atoms with Crippen molar-refractivity contribution in [3.63, 3.8) is 0 Å². The summed E-state index contributed by atoms with van der Waals surface area (Å²) in [4.78, 5) is 8.71. The van der Waals surface area contributed by atoms with Crippen LogP contribution < -0.4 is 9.46 Å². The molecule has 0 aliphatic carbocycles. The van der Waals surface area contributed by atoms with Crippen molar-refractivity contribution in [1.29, 1.82) is 0 Å². The topological polar surface area (TPSA) is 119 Å². The van der Waals surface area contributed by atoms with E-state index < -0.39 is 15.6 Å². The summed E-state index contributed by atoms with van der Waals surface area (Å²) < 4.78 is 35.2. The smallest absolute Gasteiger partial charge is 0.267 e. The molecular formula is C23H25N5O4S. The molecule has 10 heteroatoms. The highest BCUT2D eigenvalue weighted by atomic mass is 32.2. The standard InChI is InChI=1S/C23H25N5O4S/c1-23(2,29)11-12-32-21-13-20(19-10-6-8-16-7-4-5-9-18(16)19)25-22(26-21)27-33(30,31)17-14-24-28(3)15-17/h4-10,13-15,29H,11-12H2,1-3H3,(H,25,26,27). The molecule has 0 atom stereocenters. The van der Waals surface area contributed by atoms with Gasteiger partial charge in [-0.25, -0.2) is 18.1 Å². The molecule has 0 saturated heterocycles. The minimum absolute atomic E-state index is 0.00587. The number of aromatic nitrogens is 4. The molecule has 33 heavy (non-hydrogen) atoms. The van der Waals surface area contributed by atoms with Crippen molar-refractivity contribution < 1.29 is 18.3 Å². The second-order valence-electron chi connectivity index (χ2n) is 8.31. The van der Waals surface area contributed by atoms with E-state index in [0.717, 1.165) is 16.3 Å². The second-order valence-corrected chi connectivity index (χ2v) is 9.99. The molecule has 4 rings (SSSR count). The van der Waals surface area contributed by atoms with Gasteiger partial charge in [0.15, 0.2) is 0 Å². The van der Waals surface area contributed by atoms with E-state index in [1.807, 2.05) is 42.5 Å². The van der Waals surface area contributed by atoms with E-state index in [1.165, 1.54) is 17.1 Å². The maximum absolute atomic E-state index is 12.8. The van der Waals surface area contributed by atoms with E-state index in [-0.39, 0.29) is 23.3 Å². The van der Waals surface area contributed by atoms with Crippen molar-refractivity contribution in [2.45, 2.75) is 30.8 Å². The quantitative estimate of drug-likeness (QED) is 0.408. The maximum atomic E-state index is 12.8. The van der Waals surface area contributed by atoms with Gasteiger partial charge < -0.3 is 9.84 Å². The van der Waals surface area contributed by atoms with E-state index >= 15 is 0 Å². The average Bonchev–Trinajstić information content (AvgIpc) is 3.19. The highest BCUT2D eigenvalue weighted by molar-refractivity contribution is 7.92. The van der Waals surface area contributed by atoms with Crippen molar-refractivity contribution in [2.75, 3.05) is 11.3 Å². The molecule has 2 heterocycles. The first-order valence-corrected chi connectivity index (χ1v) is 11.8. The van der Waals surface area contributed by atoms with Crippen LogP contribution in [0.1, 0.15) is 20.3 Å². The molecule has 0 unspecified atom stereocenters. The van der Waals surface area contributed by atoms with Crippen molar-refractivity contribution >= 4 is 26.7 Å². The van der Waals surface area contributed by atoms with Gasteiger partial charge in [-0.1, -0.05) is 42.5 Å². The van der Waals surface area contributed by atoms with Gasteiger partial charge in [0.25, 0.3) is 10.0 Å². The van der Waals surface area contributed by atoms with E-state index in [2.05, 4.69) is 19.8 Å². The number of fused-ring (bicyclic) bond motifs is 1. The zero-order valence-electron chi connectivity index (χ0n) is 18.6. The zero-order chi connectivity index (χ0) is 23.6. The summed E-state index contributed by atoms with van der Waals surface area (Å²) in [5.41, 5.74) is 0.407.